The fourth-order valence-corrected chi connectivity index (χ4v) is 2.36. The summed E-state index contributed by atoms with van der Waals surface area (Å²) >= 11 is 0. The summed E-state index contributed by atoms with van der Waals surface area (Å²) in [6.07, 6.45) is 0. The minimum Gasteiger partial charge on any atom is -0.323 e. The molecule has 0 saturated heterocycles. The van der Waals surface area contributed by atoms with Crippen molar-refractivity contribution in [3.63, 3.8) is 0 Å². The molecule has 0 aliphatic carbocycles. The monoisotopic (exact) mass is 271 g/mol. The summed E-state index contributed by atoms with van der Waals surface area (Å²) < 4.78 is 0. The first kappa shape index (κ1) is 14.8. The van der Waals surface area contributed by atoms with Crippen LogP contribution in [0.3, 0.4) is 0 Å². The van der Waals surface area contributed by atoms with Gasteiger partial charge in [0.2, 0.25) is 0 Å². The third kappa shape index (κ3) is 2.63. The van der Waals surface area contributed by atoms with Gasteiger partial charge in [-0.1, -0.05) is 59.7 Å². The summed E-state index contributed by atoms with van der Waals surface area (Å²) in [5.74, 6) is 5.71. The molecule has 3 nitrogen and oxygen atoms in total. The van der Waals surface area contributed by atoms with E-state index in [1.54, 1.807) is 0 Å². The molecule has 0 saturated carbocycles. The Morgan fingerprint density at radius 3 is 2.15 bits per heavy atom. The number of benzene rings is 1. The standard InChI is InChI=1S/C17H25N3/c1-16(2,3)12-9-7-8-11-13(20-18)10-14(17(4,5)6)19-15(11)12/h7-10H,18H2,1-6H3,(H,19,20). The number of para-hydroxylation sites is 1. The first-order chi connectivity index (χ1) is 9.14. The zero-order valence-electron chi connectivity index (χ0n) is 13.3. The number of rotatable bonds is 1. The molecular weight excluding hydrogens is 246 g/mol. The zero-order valence-corrected chi connectivity index (χ0v) is 13.3. The van der Waals surface area contributed by atoms with E-state index in [1.165, 1.54) is 5.56 Å². The molecule has 0 amide bonds. The van der Waals surface area contributed by atoms with Crippen LogP contribution >= 0.6 is 0 Å². The van der Waals surface area contributed by atoms with Crippen LogP contribution in [-0.2, 0) is 10.8 Å². The van der Waals surface area contributed by atoms with Crippen LogP contribution in [0.15, 0.2) is 24.3 Å². The van der Waals surface area contributed by atoms with Gasteiger partial charge in [0.1, 0.15) is 0 Å². The Morgan fingerprint density at radius 2 is 1.65 bits per heavy atom. The lowest BCUT2D eigenvalue weighted by molar-refractivity contribution is 0.568. The second kappa shape index (κ2) is 4.74. The Kier molecular flexibility index (Phi) is 3.51. The molecule has 3 N–H and O–H groups in total. The van der Waals surface area contributed by atoms with Crippen LogP contribution in [0.2, 0.25) is 0 Å². The highest BCUT2D eigenvalue weighted by Gasteiger charge is 2.22. The van der Waals surface area contributed by atoms with Crippen molar-refractivity contribution < 1.29 is 0 Å². The lowest BCUT2D eigenvalue weighted by Gasteiger charge is -2.24. The van der Waals surface area contributed by atoms with Gasteiger partial charge in [-0.05, 0) is 17.0 Å². The zero-order chi connectivity index (χ0) is 15.1. The molecule has 0 atom stereocenters. The number of aromatic nitrogens is 1. The molecule has 0 fully saturated rings. The molecule has 1 aromatic heterocycles. The van der Waals surface area contributed by atoms with Crippen molar-refractivity contribution in [2.75, 3.05) is 5.43 Å². The molecule has 0 bridgehead atoms. The van der Waals surface area contributed by atoms with Crippen LogP contribution in [0.5, 0.6) is 0 Å². The number of fused-ring (bicyclic) bond motifs is 1. The van der Waals surface area contributed by atoms with E-state index in [0.29, 0.717) is 0 Å². The smallest absolute Gasteiger partial charge is 0.0764 e. The van der Waals surface area contributed by atoms with Gasteiger partial charge in [-0.15, -0.1) is 0 Å². The summed E-state index contributed by atoms with van der Waals surface area (Å²) in [6.45, 7) is 13.1. The maximum atomic E-state index is 5.71. The molecule has 2 aromatic rings. The van der Waals surface area contributed by atoms with Crippen molar-refractivity contribution in [2.24, 2.45) is 5.84 Å². The number of nitrogens with two attached hydrogens (primary N) is 1. The van der Waals surface area contributed by atoms with E-state index in [-0.39, 0.29) is 10.8 Å². The number of nitrogen functional groups attached to an aromatic ring is 1. The van der Waals surface area contributed by atoms with Gasteiger partial charge in [0, 0.05) is 16.5 Å². The maximum Gasteiger partial charge on any atom is 0.0764 e. The average molecular weight is 271 g/mol. The van der Waals surface area contributed by atoms with Crippen molar-refractivity contribution in [2.45, 2.75) is 52.4 Å². The number of nitrogens with zero attached hydrogens (tertiary/aromatic N) is 1. The van der Waals surface area contributed by atoms with Crippen molar-refractivity contribution in [3.05, 3.63) is 35.5 Å². The largest absolute Gasteiger partial charge is 0.323 e. The van der Waals surface area contributed by atoms with E-state index in [0.717, 1.165) is 22.3 Å². The van der Waals surface area contributed by atoms with Crippen LogP contribution < -0.4 is 11.3 Å². The van der Waals surface area contributed by atoms with Gasteiger partial charge in [0.25, 0.3) is 0 Å². The Hall–Kier alpha value is -1.61. The predicted octanol–water partition coefficient (Wildman–Crippen LogP) is 4.12. The number of anilines is 1. The normalized spacial score (nSPS) is 12.8. The van der Waals surface area contributed by atoms with Crippen molar-refractivity contribution in [1.29, 1.82) is 0 Å². The second-order valence-electron chi connectivity index (χ2n) is 7.40. The van der Waals surface area contributed by atoms with Gasteiger partial charge in [-0.2, -0.15) is 0 Å². The molecule has 0 spiro atoms. The van der Waals surface area contributed by atoms with Crippen molar-refractivity contribution in [3.8, 4) is 0 Å². The topological polar surface area (TPSA) is 50.9 Å². The van der Waals surface area contributed by atoms with Gasteiger partial charge < -0.3 is 5.43 Å². The Labute approximate surface area is 121 Å². The molecule has 108 valence electrons. The SMILES string of the molecule is CC(C)(C)c1cc(NN)c2cccc(C(C)(C)C)c2n1. The first-order valence-corrected chi connectivity index (χ1v) is 7.06. The molecule has 20 heavy (non-hydrogen) atoms. The van der Waals surface area contributed by atoms with E-state index >= 15 is 0 Å². The number of nitrogens with one attached hydrogen (secondary N) is 1. The van der Waals surface area contributed by atoms with E-state index in [4.69, 9.17) is 10.8 Å². The molecule has 2 rings (SSSR count). The molecule has 3 heteroatoms. The first-order valence-electron chi connectivity index (χ1n) is 7.06. The highest BCUT2D eigenvalue weighted by Crippen LogP contribution is 2.34. The highest BCUT2D eigenvalue weighted by atomic mass is 15.2. The molecule has 0 radical (unpaired) electrons. The fourth-order valence-electron chi connectivity index (χ4n) is 2.36. The predicted molar refractivity (Wildman–Crippen MR) is 87.0 cm³/mol. The Morgan fingerprint density at radius 1 is 1.00 bits per heavy atom. The van der Waals surface area contributed by atoms with E-state index in [9.17, 15) is 0 Å². The summed E-state index contributed by atoms with van der Waals surface area (Å²) in [7, 11) is 0. The molecule has 0 unspecified atom stereocenters. The number of hydrazine groups is 1. The van der Waals surface area contributed by atoms with Crippen LogP contribution in [0, 0.1) is 0 Å². The Balaban J connectivity index is 2.87. The summed E-state index contributed by atoms with van der Waals surface area (Å²) in [5, 5.41) is 1.08. The Bertz CT molecular complexity index is 631. The number of pyridine rings is 1. The van der Waals surface area contributed by atoms with Gasteiger partial charge in [0.15, 0.2) is 0 Å². The van der Waals surface area contributed by atoms with Gasteiger partial charge >= 0.3 is 0 Å². The summed E-state index contributed by atoms with van der Waals surface area (Å²) in [4.78, 5) is 4.93. The lowest BCUT2D eigenvalue weighted by atomic mass is 9.84. The quantitative estimate of drug-likeness (QED) is 0.606. The van der Waals surface area contributed by atoms with Crippen LogP contribution in [0.1, 0.15) is 52.8 Å². The van der Waals surface area contributed by atoms with E-state index in [2.05, 4.69) is 71.2 Å². The van der Waals surface area contributed by atoms with E-state index in [1.807, 2.05) is 0 Å². The van der Waals surface area contributed by atoms with Crippen LogP contribution in [0.4, 0.5) is 5.69 Å². The number of hydrogen-bond acceptors (Lipinski definition) is 3. The molecule has 0 aliphatic rings. The van der Waals surface area contributed by atoms with Crippen molar-refractivity contribution >= 4 is 16.6 Å². The van der Waals surface area contributed by atoms with Crippen LogP contribution in [-0.4, -0.2) is 4.98 Å². The molecule has 1 heterocycles. The van der Waals surface area contributed by atoms with E-state index < -0.39 is 0 Å². The molecule has 1 aromatic carbocycles. The lowest BCUT2D eigenvalue weighted by Crippen LogP contribution is -2.18. The summed E-state index contributed by atoms with van der Waals surface area (Å²) in [6, 6.07) is 8.35. The van der Waals surface area contributed by atoms with Crippen LogP contribution in [0.25, 0.3) is 10.9 Å². The third-order valence-electron chi connectivity index (χ3n) is 3.57. The minimum absolute atomic E-state index is 0.00914. The van der Waals surface area contributed by atoms with Gasteiger partial charge in [-0.3, -0.25) is 10.8 Å². The second-order valence-corrected chi connectivity index (χ2v) is 7.40. The highest BCUT2D eigenvalue weighted by molar-refractivity contribution is 5.94. The van der Waals surface area contributed by atoms with Gasteiger partial charge in [-0.25, -0.2) is 0 Å². The number of hydrogen-bond donors (Lipinski definition) is 2. The van der Waals surface area contributed by atoms with Crippen molar-refractivity contribution in [1.82, 2.24) is 4.98 Å². The maximum absolute atomic E-state index is 5.71. The average Bonchev–Trinajstić information content (AvgIpc) is 2.34. The summed E-state index contributed by atoms with van der Waals surface area (Å²) in [5.41, 5.74) is 7.14. The third-order valence-corrected chi connectivity index (χ3v) is 3.57. The molecule has 0 aliphatic heterocycles. The van der Waals surface area contributed by atoms with Gasteiger partial charge in [0.05, 0.1) is 11.2 Å². The fraction of sp³-hybridized carbons (Fsp3) is 0.471. The minimum atomic E-state index is -0.00914. The molecular formula is C17H25N3.